The molecule has 1 heteroatoms. The third-order valence-corrected chi connectivity index (χ3v) is 9.14. The van der Waals surface area contributed by atoms with Crippen LogP contribution in [0.2, 0.25) is 0 Å². The topological polar surface area (TPSA) is 13.1 Å². The van der Waals surface area contributed by atoms with Crippen molar-refractivity contribution < 1.29 is 12.6 Å². The van der Waals surface area contributed by atoms with Crippen molar-refractivity contribution in [2.45, 2.75) is 6.42 Å². The van der Waals surface area contributed by atoms with Crippen LogP contribution in [0.4, 0.5) is 0 Å². The molecule has 0 atom stereocenters. The zero-order chi connectivity index (χ0) is 34.0. The molecule has 0 bridgehead atoms. The summed E-state index contributed by atoms with van der Waals surface area (Å²) >= 11 is 0. The van der Waals surface area contributed by atoms with Crippen LogP contribution < -0.4 is 0 Å². The Hall–Kier alpha value is -5.66. The van der Waals surface area contributed by atoms with Crippen molar-refractivity contribution in [2.75, 3.05) is 0 Å². The number of hydrogen-bond acceptors (Lipinski definition) is 1. The molecule has 0 aliphatic heterocycles. The lowest BCUT2D eigenvalue weighted by molar-refractivity contribution is 0.671. The van der Waals surface area contributed by atoms with Crippen molar-refractivity contribution in [1.29, 1.82) is 0 Å². The van der Waals surface area contributed by atoms with Gasteiger partial charge in [-0.05, 0) is 83.8 Å². The number of fused-ring (bicyclic) bond motifs is 7. The summed E-state index contributed by atoms with van der Waals surface area (Å²) in [6, 6.07) is 31.9. The van der Waals surface area contributed by atoms with Crippen molar-refractivity contribution in [3.05, 3.63) is 151 Å². The second-order valence-electron chi connectivity index (χ2n) is 11.5. The van der Waals surface area contributed by atoms with Gasteiger partial charge in [0.15, 0.2) is 0 Å². The van der Waals surface area contributed by atoms with E-state index in [9.17, 15) is 2.74 Å². The first-order valence-electron chi connectivity index (χ1n) is 17.9. The largest absolute Gasteiger partial charge is 0.455 e. The van der Waals surface area contributed by atoms with Gasteiger partial charge in [0.2, 0.25) is 0 Å². The SMILES string of the molecule is [2H]c1c([2H])c([2H])c2c([2H])c3c(oc4c(-c5c6ccccc6c(-c6ccccc6)c6ccccc56)c5cccc6c5c(c43)C=CC6)c([2H])c2c1[2H]. The molecule has 0 unspecified atom stereocenters. The summed E-state index contributed by atoms with van der Waals surface area (Å²) in [5.74, 6) is 0. The summed E-state index contributed by atoms with van der Waals surface area (Å²) in [5, 5.41) is 7.41. The lowest BCUT2D eigenvalue weighted by Crippen LogP contribution is -1.97. The van der Waals surface area contributed by atoms with Crippen molar-refractivity contribution >= 4 is 71.1 Å². The van der Waals surface area contributed by atoms with Gasteiger partial charge >= 0.3 is 0 Å². The Morgan fingerprint density at radius 3 is 1.91 bits per heavy atom. The summed E-state index contributed by atoms with van der Waals surface area (Å²) in [6.45, 7) is 0. The van der Waals surface area contributed by atoms with E-state index in [1.807, 2.05) is 6.07 Å². The zero-order valence-corrected chi connectivity index (χ0v) is 23.5. The van der Waals surface area contributed by atoms with Gasteiger partial charge in [0, 0.05) is 21.9 Å². The van der Waals surface area contributed by atoms with Gasteiger partial charge in [-0.15, -0.1) is 0 Å². The van der Waals surface area contributed by atoms with Gasteiger partial charge in [0.1, 0.15) is 11.2 Å². The molecule has 0 N–H and O–H groups in total. The number of rotatable bonds is 2. The smallest absolute Gasteiger partial charge is 0.144 e. The first-order valence-corrected chi connectivity index (χ1v) is 14.9. The molecule has 0 saturated heterocycles. The van der Waals surface area contributed by atoms with Gasteiger partial charge in [-0.25, -0.2) is 0 Å². The molecular weight excluding hydrogens is 532 g/mol. The van der Waals surface area contributed by atoms with Gasteiger partial charge in [-0.1, -0.05) is 133 Å². The second-order valence-corrected chi connectivity index (χ2v) is 11.5. The monoisotopic (exact) mass is 564 g/mol. The minimum atomic E-state index is -0.434. The third kappa shape index (κ3) is 3.19. The maximum atomic E-state index is 9.53. The highest BCUT2D eigenvalue weighted by Crippen LogP contribution is 2.51. The van der Waals surface area contributed by atoms with Crippen LogP contribution in [0.5, 0.6) is 0 Å². The van der Waals surface area contributed by atoms with E-state index in [1.54, 1.807) is 0 Å². The first kappa shape index (κ1) is 18.8. The Labute approximate surface area is 262 Å². The van der Waals surface area contributed by atoms with Crippen molar-refractivity contribution in [3.8, 4) is 22.3 Å². The molecule has 9 aromatic rings. The van der Waals surface area contributed by atoms with Crippen LogP contribution in [-0.2, 0) is 6.42 Å². The third-order valence-electron chi connectivity index (χ3n) is 9.14. The molecular formula is C43H26O. The summed E-state index contributed by atoms with van der Waals surface area (Å²) in [4.78, 5) is 0. The Morgan fingerprint density at radius 1 is 0.545 bits per heavy atom. The fourth-order valence-corrected chi connectivity index (χ4v) is 7.39. The lowest BCUT2D eigenvalue weighted by atomic mass is 9.81. The molecule has 8 aromatic carbocycles. The molecule has 0 radical (unpaired) electrons. The van der Waals surface area contributed by atoms with Crippen molar-refractivity contribution in [2.24, 2.45) is 0 Å². The number of allylic oxidation sites excluding steroid dienone is 1. The molecule has 0 amide bonds. The van der Waals surface area contributed by atoms with Gasteiger partial charge in [-0.2, -0.15) is 0 Å². The molecule has 1 aliphatic rings. The Balaban J connectivity index is 1.50. The van der Waals surface area contributed by atoms with Crippen molar-refractivity contribution in [3.63, 3.8) is 0 Å². The average Bonchev–Trinajstić information content (AvgIpc) is 3.56. The molecule has 10 rings (SSSR count). The summed E-state index contributed by atoms with van der Waals surface area (Å²) in [6.07, 6.45) is 4.92. The van der Waals surface area contributed by atoms with Gasteiger partial charge in [0.05, 0.1) is 8.22 Å². The number of benzene rings is 8. The molecule has 0 fully saturated rings. The summed E-state index contributed by atoms with van der Waals surface area (Å²) < 4.78 is 60.0. The van der Waals surface area contributed by atoms with E-state index in [-0.39, 0.29) is 40.5 Å². The van der Waals surface area contributed by atoms with Crippen LogP contribution in [0.1, 0.15) is 19.4 Å². The first-order chi connectivity index (χ1) is 24.4. The number of hydrogen-bond donors (Lipinski definition) is 0. The Kier molecular flexibility index (Phi) is 3.81. The van der Waals surface area contributed by atoms with E-state index in [2.05, 4.69) is 103 Å². The predicted octanol–water partition coefficient (Wildman–Crippen LogP) is 12.1. The van der Waals surface area contributed by atoms with Crippen molar-refractivity contribution in [1.82, 2.24) is 0 Å². The molecule has 1 heterocycles. The Bertz CT molecular complexity index is 2960. The maximum Gasteiger partial charge on any atom is 0.144 e. The van der Waals surface area contributed by atoms with E-state index < -0.39 is 12.1 Å². The highest BCUT2D eigenvalue weighted by Gasteiger charge is 2.26. The fourth-order valence-electron chi connectivity index (χ4n) is 7.39. The van der Waals surface area contributed by atoms with Gasteiger partial charge in [0.25, 0.3) is 0 Å². The molecule has 0 saturated carbocycles. The van der Waals surface area contributed by atoms with Crippen LogP contribution in [-0.4, -0.2) is 0 Å². The molecule has 44 heavy (non-hydrogen) atoms. The van der Waals surface area contributed by atoms with E-state index >= 15 is 0 Å². The highest BCUT2D eigenvalue weighted by atomic mass is 16.3. The normalized spacial score (nSPS) is 14.7. The van der Waals surface area contributed by atoms with Gasteiger partial charge < -0.3 is 4.42 Å². The molecule has 204 valence electrons. The summed E-state index contributed by atoms with van der Waals surface area (Å²) in [7, 11) is 0. The Morgan fingerprint density at radius 2 is 1.18 bits per heavy atom. The standard InChI is InChI=1S/C43H26O/c1-2-12-26(13-3-1)38-30-18-6-8-20-32(30)40(33-21-9-7-19-31(33)38)42-35-23-11-17-27-16-10-22-34(39(27)35)41-36-24-28-14-4-5-15-29(28)25-37(36)44-43(41)42/h1-15,17-25H,16H2/i4D,5D,14D,15D,24D,25D. The van der Waals surface area contributed by atoms with E-state index in [4.69, 9.17) is 9.90 Å². The quantitative estimate of drug-likeness (QED) is 0.190. The molecule has 0 spiro atoms. The highest BCUT2D eigenvalue weighted by molar-refractivity contribution is 6.31. The second kappa shape index (κ2) is 8.92. The van der Waals surface area contributed by atoms with E-state index in [0.717, 1.165) is 72.1 Å². The number of furan rings is 1. The lowest BCUT2D eigenvalue weighted by Gasteiger charge is -2.21. The average molecular weight is 565 g/mol. The van der Waals surface area contributed by atoms with Gasteiger partial charge in [-0.3, -0.25) is 0 Å². The fraction of sp³-hybridized carbons (Fsp3) is 0.0233. The zero-order valence-electron chi connectivity index (χ0n) is 29.5. The minimum absolute atomic E-state index is 0.00773. The van der Waals surface area contributed by atoms with Crippen LogP contribution in [0.15, 0.2) is 144 Å². The molecule has 1 aromatic heterocycles. The van der Waals surface area contributed by atoms with Crippen LogP contribution in [0.25, 0.3) is 93.4 Å². The minimum Gasteiger partial charge on any atom is -0.455 e. The summed E-state index contributed by atoms with van der Waals surface area (Å²) in [5.41, 5.74) is 6.82. The maximum absolute atomic E-state index is 9.53. The molecule has 1 aliphatic carbocycles. The predicted molar refractivity (Wildman–Crippen MR) is 187 cm³/mol. The molecule has 1 nitrogen and oxygen atoms in total. The van der Waals surface area contributed by atoms with Crippen LogP contribution in [0, 0.1) is 0 Å². The van der Waals surface area contributed by atoms with Crippen LogP contribution in [0.3, 0.4) is 0 Å². The van der Waals surface area contributed by atoms with Crippen LogP contribution >= 0.6 is 0 Å². The van der Waals surface area contributed by atoms with E-state index in [0.29, 0.717) is 16.4 Å². The van der Waals surface area contributed by atoms with E-state index in [1.165, 1.54) is 0 Å².